The first-order chi connectivity index (χ1) is 6.56. The molecule has 0 aromatic carbocycles. The van der Waals surface area contributed by atoms with Crippen LogP contribution in [0.3, 0.4) is 0 Å². The number of hydrogen-bond acceptors (Lipinski definition) is 3. The van der Waals surface area contributed by atoms with E-state index in [1.165, 1.54) is 6.07 Å². The van der Waals surface area contributed by atoms with Gasteiger partial charge in [-0.3, -0.25) is 4.79 Å². The first-order valence-electron chi connectivity index (χ1n) is 3.54. The number of carbonyl (C=O) groups is 1. The van der Waals surface area contributed by atoms with Gasteiger partial charge in [-0.15, -0.1) is 0 Å². The summed E-state index contributed by atoms with van der Waals surface area (Å²) < 4.78 is 24.6. The molecule has 1 aromatic rings. The van der Waals surface area contributed by atoms with Crippen molar-refractivity contribution in [1.29, 1.82) is 5.26 Å². The molecule has 1 heterocycles. The molecule has 0 fully saturated rings. The van der Waals surface area contributed by atoms with Gasteiger partial charge in [0.25, 0.3) is 6.43 Å². The highest BCUT2D eigenvalue weighted by atomic mass is 19.3. The molecule has 0 radical (unpaired) electrons. The van der Waals surface area contributed by atoms with E-state index in [-0.39, 0.29) is 5.56 Å². The molecule has 2 N–H and O–H groups in total. The molecule has 1 rings (SSSR count). The van der Waals surface area contributed by atoms with Crippen molar-refractivity contribution in [3.8, 4) is 6.07 Å². The summed E-state index contributed by atoms with van der Waals surface area (Å²) in [7, 11) is 0. The molecule has 0 aliphatic heterocycles. The maximum absolute atomic E-state index is 12.3. The number of aromatic nitrogens is 1. The molecule has 0 saturated heterocycles. The van der Waals surface area contributed by atoms with E-state index in [4.69, 9.17) is 11.0 Å². The van der Waals surface area contributed by atoms with Crippen LogP contribution in [0.4, 0.5) is 8.78 Å². The van der Waals surface area contributed by atoms with Gasteiger partial charge in [0.2, 0.25) is 5.91 Å². The van der Waals surface area contributed by atoms with E-state index < -0.39 is 23.6 Å². The van der Waals surface area contributed by atoms with Gasteiger partial charge in [0.15, 0.2) is 0 Å². The molecular formula is C8H5F2N3O. The Morgan fingerprint density at radius 2 is 2.29 bits per heavy atom. The number of alkyl halides is 2. The zero-order valence-corrected chi connectivity index (χ0v) is 6.87. The predicted octanol–water partition coefficient (Wildman–Crippen LogP) is 0.990. The van der Waals surface area contributed by atoms with E-state index in [0.29, 0.717) is 0 Å². The van der Waals surface area contributed by atoms with Crippen LogP contribution < -0.4 is 5.73 Å². The lowest BCUT2D eigenvalue weighted by atomic mass is 10.1. The molecule has 1 amide bonds. The molecule has 4 nitrogen and oxygen atoms in total. The van der Waals surface area contributed by atoms with E-state index in [0.717, 1.165) is 12.3 Å². The molecule has 0 atom stereocenters. The van der Waals surface area contributed by atoms with Crippen LogP contribution in [0.5, 0.6) is 0 Å². The summed E-state index contributed by atoms with van der Waals surface area (Å²) in [5.41, 5.74) is 3.75. The second kappa shape index (κ2) is 3.79. The summed E-state index contributed by atoms with van der Waals surface area (Å²) >= 11 is 0. The lowest BCUT2D eigenvalue weighted by Crippen LogP contribution is -2.12. The van der Waals surface area contributed by atoms with Gasteiger partial charge in [0.1, 0.15) is 11.8 Å². The number of halogens is 2. The molecule has 0 spiro atoms. The van der Waals surface area contributed by atoms with Crippen LogP contribution in [0.2, 0.25) is 0 Å². The van der Waals surface area contributed by atoms with Gasteiger partial charge in [-0.25, -0.2) is 13.8 Å². The monoisotopic (exact) mass is 197 g/mol. The third kappa shape index (κ3) is 1.82. The van der Waals surface area contributed by atoms with Crippen molar-refractivity contribution < 1.29 is 13.6 Å². The number of nitriles is 1. The molecule has 72 valence electrons. The van der Waals surface area contributed by atoms with Gasteiger partial charge in [-0.2, -0.15) is 5.26 Å². The number of pyridine rings is 1. The van der Waals surface area contributed by atoms with Crippen LogP contribution in [0.25, 0.3) is 0 Å². The van der Waals surface area contributed by atoms with Crippen molar-refractivity contribution >= 4 is 5.91 Å². The summed E-state index contributed by atoms with van der Waals surface area (Å²) in [4.78, 5) is 14.0. The van der Waals surface area contributed by atoms with Crippen LogP contribution >= 0.6 is 0 Å². The van der Waals surface area contributed by atoms with Gasteiger partial charge < -0.3 is 5.73 Å². The largest absolute Gasteiger partial charge is 0.366 e. The summed E-state index contributed by atoms with van der Waals surface area (Å²) in [5.74, 6) is -0.858. The lowest BCUT2D eigenvalue weighted by molar-refractivity contribution is 0.0999. The molecule has 0 bridgehead atoms. The highest BCUT2D eigenvalue weighted by molar-refractivity contribution is 5.92. The minimum absolute atomic E-state index is 0.140. The van der Waals surface area contributed by atoms with Crippen molar-refractivity contribution in [2.45, 2.75) is 6.43 Å². The van der Waals surface area contributed by atoms with Crippen LogP contribution in [0, 0.1) is 11.3 Å². The molecular weight excluding hydrogens is 192 g/mol. The summed E-state index contributed by atoms with van der Waals surface area (Å²) in [6.07, 6.45) is -1.86. The lowest BCUT2D eigenvalue weighted by Gasteiger charge is -2.02. The number of rotatable bonds is 2. The van der Waals surface area contributed by atoms with E-state index in [1.54, 1.807) is 0 Å². The molecule has 6 heteroatoms. The van der Waals surface area contributed by atoms with Gasteiger partial charge >= 0.3 is 0 Å². The van der Waals surface area contributed by atoms with Crippen LogP contribution in [-0.2, 0) is 0 Å². The van der Waals surface area contributed by atoms with E-state index >= 15 is 0 Å². The average molecular weight is 197 g/mol. The number of nitrogens with zero attached hydrogens (tertiary/aromatic N) is 2. The summed E-state index contributed by atoms with van der Waals surface area (Å²) in [6.45, 7) is 0. The quantitative estimate of drug-likeness (QED) is 0.767. The van der Waals surface area contributed by atoms with Gasteiger partial charge in [-0.05, 0) is 6.07 Å². The van der Waals surface area contributed by atoms with E-state index in [1.807, 2.05) is 0 Å². The molecule has 1 aromatic heterocycles. The maximum atomic E-state index is 12.3. The number of hydrogen-bond donors (Lipinski definition) is 1. The van der Waals surface area contributed by atoms with Gasteiger partial charge in [-0.1, -0.05) is 0 Å². The second-order valence-electron chi connectivity index (χ2n) is 2.44. The summed E-state index contributed by atoms with van der Waals surface area (Å²) in [5, 5.41) is 8.43. The zero-order valence-electron chi connectivity index (χ0n) is 6.87. The Morgan fingerprint density at radius 3 is 2.71 bits per heavy atom. The molecule has 0 aliphatic carbocycles. The predicted molar refractivity (Wildman–Crippen MR) is 42.4 cm³/mol. The van der Waals surface area contributed by atoms with Crippen molar-refractivity contribution in [3.05, 3.63) is 29.1 Å². The Bertz CT molecular complexity index is 412. The molecule has 0 unspecified atom stereocenters. The highest BCUT2D eigenvalue weighted by Gasteiger charge is 2.16. The first-order valence-corrected chi connectivity index (χ1v) is 3.54. The Morgan fingerprint density at radius 1 is 1.64 bits per heavy atom. The fourth-order valence-electron chi connectivity index (χ4n) is 0.876. The Balaban J connectivity index is 3.29. The number of primary amides is 1. The number of amides is 1. The minimum Gasteiger partial charge on any atom is -0.366 e. The van der Waals surface area contributed by atoms with E-state index in [9.17, 15) is 13.6 Å². The van der Waals surface area contributed by atoms with Gasteiger partial charge in [0.05, 0.1) is 11.1 Å². The minimum atomic E-state index is -2.85. The van der Waals surface area contributed by atoms with Crippen molar-refractivity contribution in [3.63, 3.8) is 0 Å². The second-order valence-corrected chi connectivity index (χ2v) is 2.44. The number of nitrogens with two attached hydrogens (primary N) is 1. The Labute approximate surface area is 78.0 Å². The molecule has 0 saturated carbocycles. The van der Waals surface area contributed by atoms with Crippen LogP contribution in [0.1, 0.15) is 28.0 Å². The van der Waals surface area contributed by atoms with Crippen molar-refractivity contribution in [2.75, 3.05) is 0 Å². The van der Waals surface area contributed by atoms with E-state index in [2.05, 4.69) is 4.98 Å². The fourth-order valence-corrected chi connectivity index (χ4v) is 0.876. The van der Waals surface area contributed by atoms with Crippen LogP contribution in [-0.4, -0.2) is 10.9 Å². The average Bonchev–Trinajstić information content (AvgIpc) is 2.16. The smallest absolute Gasteiger partial charge is 0.266 e. The molecule has 14 heavy (non-hydrogen) atoms. The third-order valence-corrected chi connectivity index (χ3v) is 1.54. The first kappa shape index (κ1) is 10.1. The standard InChI is InChI=1S/C8H5F2N3O/c9-7(10)5-1-4(8(12)14)3-13-6(5)2-11/h1,3,7H,(H2,12,14). The SMILES string of the molecule is N#Cc1ncc(C(N)=O)cc1C(F)F. The number of carbonyl (C=O) groups excluding carboxylic acids is 1. The van der Waals surface area contributed by atoms with Crippen LogP contribution in [0.15, 0.2) is 12.3 Å². The topological polar surface area (TPSA) is 79.8 Å². The maximum Gasteiger partial charge on any atom is 0.266 e. The normalized spacial score (nSPS) is 9.86. The third-order valence-electron chi connectivity index (χ3n) is 1.54. The van der Waals surface area contributed by atoms with Crippen molar-refractivity contribution in [1.82, 2.24) is 4.98 Å². The molecule has 0 aliphatic rings. The van der Waals surface area contributed by atoms with Crippen molar-refractivity contribution in [2.24, 2.45) is 5.73 Å². The highest BCUT2D eigenvalue weighted by Crippen LogP contribution is 2.21. The summed E-state index contributed by atoms with van der Waals surface area (Å²) in [6, 6.07) is 2.37. The Kier molecular flexibility index (Phi) is 2.72. The van der Waals surface area contributed by atoms with Gasteiger partial charge in [0, 0.05) is 6.20 Å². The Hall–Kier alpha value is -2.03. The zero-order chi connectivity index (χ0) is 10.7. The fraction of sp³-hybridized carbons (Fsp3) is 0.125.